The summed E-state index contributed by atoms with van der Waals surface area (Å²) in [6, 6.07) is 13.3. The first kappa shape index (κ1) is 17.3. The number of carboxylic acids is 1. The predicted octanol–water partition coefficient (Wildman–Crippen LogP) is 2.81. The van der Waals surface area contributed by atoms with Gasteiger partial charge in [-0.1, -0.05) is 35.9 Å². The van der Waals surface area contributed by atoms with Crippen LogP contribution in [0.3, 0.4) is 0 Å². The smallest absolute Gasteiger partial charge is 0.286 e. The van der Waals surface area contributed by atoms with Gasteiger partial charge >= 0.3 is 0 Å². The number of amides is 1. The van der Waals surface area contributed by atoms with Crippen LogP contribution < -0.4 is 10.0 Å². The third-order valence-corrected chi connectivity index (χ3v) is 4.87. The van der Waals surface area contributed by atoms with E-state index < -0.39 is 5.97 Å². The largest absolute Gasteiger partial charge is 0.545 e. The summed E-state index contributed by atoms with van der Waals surface area (Å²) in [7, 11) is 1.82. The molecule has 2 aromatic rings. The molecule has 0 fully saturated rings. The lowest BCUT2D eigenvalue weighted by Gasteiger charge is -2.17. The highest BCUT2D eigenvalue weighted by molar-refractivity contribution is 8.18. The molecule has 0 aliphatic carbocycles. The monoisotopic (exact) mass is 371 g/mol. The van der Waals surface area contributed by atoms with Crippen molar-refractivity contribution in [1.29, 1.82) is 0 Å². The van der Waals surface area contributed by atoms with E-state index in [1.54, 1.807) is 35.2 Å². The number of aliphatic imine (C=N–C) groups is 1. The number of benzene rings is 2. The van der Waals surface area contributed by atoms with E-state index >= 15 is 0 Å². The highest BCUT2D eigenvalue weighted by atomic mass is 35.5. The number of aromatic carboxylic acids is 1. The van der Waals surface area contributed by atoms with Gasteiger partial charge in [0, 0.05) is 17.8 Å². The van der Waals surface area contributed by atoms with Gasteiger partial charge in [-0.15, -0.1) is 0 Å². The number of carboxylic acid groups (broad SMARTS) is 1. The summed E-state index contributed by atoms with van der Waals surface area (Å²) < 4.78 is 0. The zero-order valence-corrected chi connectivity index (χ0v) is 14.7. The maximum absolute atomic E-state index is 12.1. The highest BCUT2D eigenvalue weighted by Crippen LogP contribution is 2.32. The van der Waals surface area contributed by atoms with Gasteiger partial charge in [0.05, 0.1) is 10.9 Å². The normalized spacial score (nSPS) is 15.4. The number of hydrogen-bond donors (Lipinski definition) is 0. The maximum atomic E-state index is 12.1. The van der Waals surface area contributed by atoms with Crippen LogP contribution in [0.25, 0.3) is 6.08 Å². The van der Waals surface area contributed by atoms with E-state index in [0.29, 0.717) is 20.7 Å². The number of halogens is 1. The lowest BCUT2D eigenvalue weighted by molar-refractivity contribution is -0.255. The van der Waals surface area contributed by atoms with Gasteiger partial charge in [-0.05, 0) is 53.2 Å². The van der Waals surface area contributed by atoms with Crippen LogP contribution in [0.2, 0.25) is 5.02 Å². The molecule has 0 N–H and O–H groups in total. The molecule has 2 aromatic carbocycles. The van der Waals surface area contributed by atoms with E-state index in [9.17, 15) is 14.7 Å². The van der Waals surface area contributed by atoms with Crippen molar-refractivity contribution < 1.29 is 14.7 Å². The molecule has 25 heavy (non-hydrogen) atoms. The number of hydrogen-bond acceptors (Lipinski definition) is 5. The zero-order valence-electron chi connectivity index (χ0n) is 13.1. The molecule has 0 unspecified atom stereocenters. The minimum absolute atomic E-state index is 0.0898. The Kier molecular flexibility index (Phi) is 4.92. The molecule has 5 nitrogen and oxygen atoms in total. The first-order valence-electron chi connectivity index (χ1n) is 7.27. The second-order valence-electron chi connectivity index (χ2n) is 5.26. The summed E-state index contributed by atoms with van der Waals surface area (Å²) in [5, 5.41) is 12.0. The van der Waals surface area contributed by atoms with Gasteiger partial charge < -0.3 is 14.8 Å². The average Bonchev–Trinajstić information content (AvgIpc) is 2.96. The number of amidine groups is 1. The molecule has 0 atom stereocenters. The number of carbonyl (C=O) groups excluding carboxylic acids is 2. The van der Waals surface area contributed by atoms with Crippen LogP contribution in [0.1, 0.15) is 15.9 Å². The molecule has 7 heteroatoms. The highest BCUT2D eigenvalue weighted by Gasteiger charge is 2.25. The van der Waals surface area contributed by atoms with Crippen molar-refractivity contribution in [2.24, 2.45) is 4.99 Å². The van der Waals surface area contributed by atoms with E-state index in [0.717, 1.165) is 5.69 Å². The Labute approximate surface area is 153 Å². The molecule has 0 spiro atoms. The van der Waals surface area contributed by atoms with Crippen LogP contribution in [0.5, 0.6) is 0 Å². The number of rotatable bonds is 3. The Balaban J connectivity index is 1.77. The van der Waals surface area contributed by atoms with Gasteiger partial charge in [0.1, 0.15) is 0 Å². The van der Waals surface area contributed by atoms with Gasteiger partial charge in [-0.25, -0.2) is 0 Å². The van der Waals surface area contributed by atoms with Crippen molar-refractivity contribution in [3.63, 3.8) is 0 Å². The molecule has 0 aromatic heterocycles. The fourth-order valence-electron chi connectivity index (χ4n) is 2.18. The zero-order chi connectivity index (χ0) is 18.0. The fraction of sp³-hybridized carbons (Fsp3) is 0.0556. The van der Waals surface area contributed by atoms with Crippen molar-refractivity contribution >= 4 is 52.2 Å². The molecule has 0 bridgehead atoms. The van der Waals surface area contributed by atoms with Crippen LogP contribution >= 0.6 is 23.4 Å². The van der Waals surface area contributed by atoms with Crippen molar-refractivity contribution in [3.8, 4) is 0 Å². The van der Waals surface area contributed by atoms with Crippen molar-refractivity contribution in [2.75, 3.05) is 11.9 Å². The SMILES string of the molecule is CN(C1=NC(=O)/C(=C/c2ccc(C(=O)[O-])cc2)S1)c1ccc(Cl)cc1. The van der Waals surface area contributed by atoms with Crippen LogP contribution in [0.4, 0.5) is 5.69 Å². The van der Waals surface area contributed by atoms with Crippen molar-refractivity contribution in [3.05, 3.63) is 69.6 Å². The summed E-state index contributed by atoms with van der Waals surface area (Å²) in [4.78, 5) is 29.2. The Morgan fingerprint density at radius 1 is 1.16 bits per heavy atom. The Hall–Kier alpha value is -2.57. The topological polar surface area (TPSA) is 72.8 Å². The van der Waals surface area contributed by atoms with E-state index in [2.05, 4.69) is 4.99 Å². The van der Waals surface area contributed by atoms with Crippen LogP contribution in [0.15, 0.2) is 58.4 Å². The summed E-state index contributed by atoms with van der Waals surface area (Å²) >= 11 is 7.14. The average molecular weight is 372 g/mol. The summed E-state index contributed by atoms with van der Waals surface area (Å²) in [5.41, 5.74) is 1.67. The molecule has 1 amide bonds. The van der Waals surface area contributed by atoms with Crippen LogP contribution in [-0.2, 0) is 4.79 Å². The standard InChI is InChI=1S/C18H13ClN2O3S/c1-21(14-8-6-13(19)7-9-14)18-20-16(22)15(25-18)10-11-2-4-12(5-3-11)17(23)24/h2-10H,1H3,(H,23,24)/p-1/b15-10-. The van der Waals surface area contributed by atoms with E-state index in [1.807, 2.05) is 19.2 Å². The molecule has 1 heterocycles. The Morgan fingerprint density at radius 3 is 2.40 bits per heavy atom. The van der Waals surface area contributed by atoms with Gasteiger partial charge in [0.2, 0.25) is 0 Å². The Morgan fingerprint density at radius 2 is 1.80 bits per heavy atom. The van der Waals surface area contributed by atoms with E-state index in [4.69, 9.17) is 11.6 Å². The molecular weight excluding hydrogens is 360 g/mol. The molecule has 1 aliphatic rings. The van der Waals surface area contributed by atoms with E-state index in [-0.39, 0.29) is 11.5 Å². The lowest BCUT2D eigenvalue weighted by atomic mass is 10.1. The van der Waals surface area contributed by atoms with Gasteiger partial charge in [0.15, 0.2) is 5.17 Å². The molecule has 3 rings (SSSR count). The summed E-state index contributed by atoms with van der Waals surface area (Å²) in [5.74, 6) is -1.56. The number of carbonyl (C=O) groups is 2. The minimum Gasteiger partial charge on any atom is -0.545 e. The summed E-state index contributed by atoms with van der Waals surface area (Å²) in [6.07, 6.45) is 1.68. The van der Waals surface area contributed by atoms with Crippen molar-refractivity contribution in [1.82, 2.24) is 0 Å². The predicted molar refractivity (Wildman–Crippen MR) is 98.6 cm³/mol. The number of thioether (sulfide) groups is 1. The minimum atomic E-state index is -1.24. The molecular formula is C18H12ClN2O3S-. The quantitative estimate of drug-likeness (QED) is 0.776. The van der Waals surface area contributed by atoms with Gasteiger partial charge in [0.25, 0.3) is 5.91 Å². The first-order chi connectivity index (χ1) is 11.9. The third-order valence-electron chi connectivity index (χ3n) is 3.55. The Bertz CT molecular complexity index is 890. The third kappa shape index (κ3) is 3.92. The molecule has 0 saturated carbocycles. The first-order valence-corrected chi connectivity index (χ1v) is 8.47. The van der Waals surface area contributed by atoms with Gasteiger partial charge in [-0.3, -0.25) is 4.79 Å². The lowest BCUT2D eigenvalue weighted by Crippen LogP contribution is -2.21. The second kappa shape index (κ2) is 7.13. The molecule has 0 radical (unpaired) electrons. The number of anilines is 1. The fourth-order valence-corrected chi connectivity index (χ4v) is 3.20. The van der Waals surface area contributed by atoms with E-state index in [1.165, 1.54) is 23.9 Å². The van der Waals surface area contributed by atoms with Crippen molar-refractivity contribution in [2.45, 2.75) is 0 Å². The number of nitrogens with zero attached hydrogens (tertiary/aromatic N) is 2. The second-order valence-corrected chi connectivity index (χ2v) is 6.70. The molecule has 1 aliphatic heterocycles. The molecule has 126 valence electrons. The van der Waals surface area contributed by atoms with Crippen LogP contribution in [-0.4, -0.2) is 24.1 Å². The summed E-state index contributed by atoms with van der Waals surface area (Å²) in [6.45, 7) is 0. The molecule has 0 saturated heterocycles. The van der Waals surface area contributed by atoms with Gasteiger partial charge in [-0.2, -0.15) is 4.99 Å². The van der Waals surface area contributed by atoms with Crippen LogP contribution in [0, 0.1) is 0 Å². The maximum Gasteiger partial charge on any atom is 0.286 e.